The van der Waals surface area contributed by atoms with E-state index in [9.17, 15) is 9.90 Å². The number of carbonyl (C=O) groups is 1. The molecule has 0 aliphatic carbocycles. The van der Waals surface area contributed by atoms with Gasteiger partial charge in [-0.05, 0) is 6.92 Å². The van der Waals surface area contributed by atoms with Gasteiger partial charge in [-0.2, -0.15) is 0 Å². The highest BCUT2D eigenvalue weighted by atomic mass is 16.7. The third kappa shape index (κ3) is 2.21. The molecule has 5 atom stereocenters. The zero-order valence-corrected chi connectivity index (χ0v) is 7.95. The van der Waals surface area contributed by atoms with Crippen molar-refractivity contribution in [2.75, 3.05) is 0 Å². The number of rotatable bonds is 2. The molecular weight excluding hydrogens is 192 g/mol. The van der Waals surface area contributed by atoms with Crippen LogP contribution in [0.2, 0.25) is 0 Å². The molecule has 82 valence electrons. The molecule has 0 bridgehead atoms. The lowest BCUT2D eigenvalue weighted by Crippen LogP contribution is -2.39. The van der Waals surface area contributed by atoms with Gasteiger partial charge in [0.25, 0.3) is 0 Å². The number of hydrogen-bond donors (Lipinski definition) is 3. The summed E-state index contributed by atoms with van der Waals surface area (Å²) in [6.45, 7) is 2.74. The Morgan fingerprint density at radius 3 is 2.29 bits per heavy atom. The Balaban J connectivity index is 2.57. The van der Waals surface area contributed by atoms with E-state index in [2.05, 4.69) is 0 Å². The molecule has 14 heavy (non-hydrogen) atoms. The molecule has 0 amide bonds. The highest BCUT2D eigenvalue weighted by molar-refractivity contribution is 5.66. The van der Waals surface area contributed by atoms with Crippen LogP contribution >= 0.6 is 0 Å². The Hall–Kier alpha value is -0.690. The SMILES string of the molecule is CC(=O)OC(C)C1OC(O)C(O)C1O. The number of ether oxygens (including phenoxy) is 2. The second kappa shape index (κ2) is 4.22. The summed E-state index contributed by atoms with van der Waals surface area (Å²) in [6, 6.07) is 0. The smallest absolute Gasteiger partial charge is 0.302 e. The topological polar surface area (TPSA) is 96.2 Å². The normalized spacial score (nSPS) is 39.5. The summed E-state index contributed by atoms with van der Waals surface area (Å²) in [5.41, 5.74) is 0. The first-order valence-corrected chi connectivity index (χ1v) is 4.30. The van der Waals surface area contributed by atoms with Crippen molar-refractivity contribution in [3.05, 3.63) is 0 Å². The molecule has 0 aromatic carbocycles. The summed E-state index contributed by atoms with van der Waals surface area (Å²) in [7, 11) is 0. The number of carbonyl (C=O) groups excluding carboxylic acids is 1. The average molecular weight is 206 g/mol. The second-order valence-corrected chi connectivity index (χ2v) is 3.29. The van der Waals surface area contributed by atoms with Gasteiger partial charge in [0.1, 0.15) is 24.4 Å². The molecule has 1 saturated heterocycles. The van der Waals surface area contributed by atoms with Crippen molar-refractivity contribution in [1.29, 1.82) is 0 Å². The van der Waals surface area contributed by atoms with Gasteiger partial charge >= 0.3 is 5.97 Å². The first-order valence-electron chi connectivity index (χ1n) is 4.30. The molecule has 1 rings (SSSR count). The van der Waals surface area contributed by atoms with E-state index < -0.39 is 36.7 Å². The number of esters is 1. The zero-order chi connectivity index (χ0) is 10.9. The molecule has 1 aliphatic rings. The van der Waals surface area contributed by atoms with Crippen molar-refractivity contribution in [2.24, 2.45) is 0 Å². The van der Waals surface area contributed by atoms with E-state index in [-0.39, 0.29) is 0 Å². The van der Waals surface area contributed by atoms with E-state index in [1.54, 1.807) is 0 Å². The Morgan fingerprint density at radius 2 is 1.93 bits per heavy atom. The molecule has 1 heterocycles. The summed E-state index contributed by atoms with van der Waals surface area (Å²) < 4.78 is 9.58. The molecule has 0 aromatic rings. The van der Waals surface area contributed by atoms with Crippen LogP contribution in [0, 0.1) is 0 Å². The van der Waals surface area contributed by atoms with Gasteiger partial charge in [0.05, 0.1) is 0 Å². The van der Waals surface area contributed by atoms with Crippen molar-refractivity contribution in [1.82, 2.24) is 0 Å². The fourth-order valence-electron chi connectivity index (χ4n) is 1.40. The Labute approximate surface area is 81.1 Å². The molecule has 1 fully saturated rings. The lowest BCUT2D eigenvalue weighted by Gasteiger charge is -2.21. The van der Waals surface area contributed by atoms with Crippen molar-refractivity contribution in [3.63, 3.8) is 0 Å². The second-order valence-electron chi connectivity index (χ2n) is 3.29. The fraction of sp³-hybridized carbons (Fsp3) is 0.875. The monoisotopic (exact) mass is 206 g/mol. The van der Waals surface area contributed by atoms with Gasteiger partial charge in [-0.25, -0.2) is 0 Å². The quantitative estimate of drug-likeness (QED) is 0.470. The van der Waals surface area contributed by atoms with E-state index in [0.717, 1.165) is 0 Å². The van der Waals surface area contributed by atoms with Crippen LogP contribution in [0.5, 0.6) is 0 Å². The Kier molecular flexibility index (Phi) is 3.43. The molecule has 5 unspecified atom stereocenters. The summed E-state index contributed by atoms with van der Waals surface area (Å²) in [5.74, 6) is -0.510. The van der Waals surface area contributed by atoms with Crippen LogP contribution in [0.3, 0.4) is 0 Å². The molecule has 6 nitrogen and oxygen atoms in total. The highest BCUT2D eigenvalue weighted by Crippen LogP contribution is 2.23. The van der Waals surface area contributed by atoms with E-state index in [4.69, 9.17) is 19.7 Å². The minimum atomic E-state index is -1.44. The minimum absolute atomic E-state index is 0.510. The van der Waals surface area contributed by atoms with Crippen molar-refractivity contribution < 1.29 is 29.6 Å². The van der Waals surface area contributed by atoms with Crippen molar-refractivity contribution >= 4 is 5.97 Å². The lowest BCUT2D eigenvalue weighted by molar-refractivity contribution is -0.168. The van der Waals surface area contributed by atoms with Gasteiger partial charge < -0.3 is 24.8 Å². The lowest BCUT2D eigenvalue weighted by atomic mass is 10.1. The van der Waals surface area contributed by atoms with Gasteiger partial charge in [-0.3, -0.25) is 4.79 Å². The summed E-state index contributed by atoms with van der Waals surface area (Å²) in [5, 5.41) is 27.6. The highest BCUT2D eigenvalue weighted by Gasteiger charge is 2.45. The first kappa shape index (κ1) is 11.4. The van der Waals surface area contributed by atoms with Crippen LogP contribution in [0.4, 0.5) is 0 Å². The Bertz CT molecular complexity index is 218. The van der Waals surface area contributed by atoms with E-state index in [0.29, 0.717) is 0 Å². The molecule has 6 heteroatoms. The molecule has 0 spiro atoms. The molecular formula is C8H14O6. The molecule has 0 saturated carbocycles. The number of aliphatic hydroxyl groups is 3. The molecule has 3 N–H and O–H groups in total. The predicted molar refractivity (Wildman–Crippen MR) is 44.1 cm³/mol. The molecule has 1 aliphatic heterocycles. The van der Waals surface area contributed by atoms with Gasteiger partial charge in [-0.15, -0.1) is 0 Å². The van der Waals surface area contributed by atoms with Crippen LogP contribution < -0.4 is 0 Å². The summed E-state index contributed by atoms with van der Waals surface area (Å²) >= 11 is 0. The standard InChI is InChI=1S/C8H14O6/c1-3(13-4(2)9)7-5(10)6(11)8(12)14-7/h3,5-8,10-12H,1-2H3. The van der Waals surface area contributed by atoms with E-state index in [1.165, 1.54) is 13.8 Å². The van der Waals surface area contributed by atoms with E-state index in [1.807, 2.05) is 0 Å². The summed E-state index contributed by atoms with van der Waals surface area (Å²) in [4.78, 5) is 10.6. The maximum absolute atomic E-state index is 10.6. The molecule has 0 radical (unpaired) electrons. The number of aliphatic hydroxyl groups excluding tert-OH is 3. The zero-order valence-electron chi connectivity index (χ0n) is 7.95. The van der Waals surface area contributed by atoms with Crippen LogP contribution in [0.1, 0.15) is 13.8 Å². The van der Waals surface area contributed by atoms with E-state index >= 15 is 0 Å². The summed E-state index contributed by atoms with van der Waals surface area (Å²) in [6.07, 6.45) is -5.66. The van der Waals surface area contributed by atoms with Gasteiger partial charge in [0, 0.05) is 6.92 Å². The Morgan fingerprint density at radius 1 is 1.36 bits per heavy atom. The van der Waals surface area contributed by atoms with Crippen LogP contribution in [-0.2, 0) is 14.3 Å². The van der Waals surface area contributed by atoms with Crippen molar-refractivity contribution in [3.8, 4) is 0 Å². The predicted octanol–water partition coefficient (Wildman–Crippen LogP) is -1.62. The van der Waals surface area contributed by atoms with Crippen LogP contribution in [-0.4, -0.2) is 52.0 Å². The van der Waals surface area contributed by atoms with Gasteiger partial charge in [0.2, 0.25) is 0 Å². The minimum Gasteiger partial charge on any atom is -0.460 e. The van der Waals surface area contributed by atoms with Gasteiger partial charge in [-0.1, -0.05) is 0 Å². The third-order valence-electron chi connectivity index (χ3n) is 2.09. The van der Waals surface area contributed by atoms with Crippen LogP contribution in [0.25, 0.3) is 0 Å². The third-order valence-corrected chi connectivity index (χ3v) is 2.09. The van der Waals surface area contributed by atoms with Crippen LogP contribution in [0.15, 0.2) is 0 Å². The molecule has 0 aromatic heterocycles. The largest absolute Gasteiger partial charge is 0.460 e. The fourth-order valence-corrected chi connectivity index (χ4v) is 1.40. The maximum atomic E-state index is 10.6. The maximum Gasteiger partial charge on any atom is 0.302 e. The average Bonchev–Trinajstić information content (AvgIpc) is 2.32. The van der Waals surface area contributed by atoms with Gasteiger partial charge in [0.15, 0.2) is 6.29 Å². The number of hydrogen-bond acceptors (Lipinski definition) is 6. The van der Waals surface area contributed by atoms with Crippen molar-refractivity contribution in [2.45, 2.75) is 44.6 Å². The first-order chi connectivity index (χ1) is 6.43.